The average Bonchev–Trinajstić information content (AvgIpc) is 2.93. The number of rotatable bonds is 5. The van der Waals surface area contributed by atoms with Crippen LogP contribution in [-0.4, -0.2) is 20.4 Å². The van der Waals surface area contributed by atoms with Crippen molar-refractivity contribution < 1.29 is 8.42 Å². The van der Waals surface area contributed by atoms with Gasteiger partial charge in [-0.05, 0) is 33.0 Å². The summed E-state index contributed by atoms with van der Waals surface area (Å²) in [5.41, 5.74) is 0.107. The highest BCUT2D eigenvalue weighted by Crippen LogP contribution is 2.30. The van der Waals surface area contributed by atoms with Gasteiger partial charge in [-0.15, -0.1) is 11.3 Å². The molecule has 0 radical (unpaired) electrons. The van der Waals surface area contributed by atoms with Gasteiger partial charge in [-0.3, -0.25) is 0 Å². The summed E-state index contributed by atoms with van der Waals surface area (Å²) in [7, 11) is -2.10. The molecule has 0 fully saturated rings. The predicted octanol–water partition coefficient (Wildman–Crippen LogP) is 2.40. The molecule has 5 nitrogen and oxygen atoms in total. The van der Waals surface area contributed by atoms with Crippen molar-refractivity contribution in [2.45, 2.75) is 24.3 Å². The summed E-state index contributed by atoms with van der Waals surface area (Å²) in [4.78, 5) is 4.52. The molecule has 0 atom stereocenters. The molecular weight excluding hydrogens is 294 g/mol. The molecule has 0 aliphatic heterocycles. The lowest BCUT2D eigenvalue weighted by molar-refractivity contribution is 0.584. The van der Waals surface area contributed by atoms with E-state index in [-0.39, 0.29) is 4.90 Å². The summed E-state index contributed by atoms with van der Waals surface area (Å²) in [6, 6.07) is 6.83. The molecule has 0 spiro atoms. The van der Waals surface area contributed by atoms with E-state index in [4.69, 9.17) is 0 Å². The zero-order valence-corrected chi connectivity index (χ0v) is 13.2. The fourth-order valence-electron chi connectivity index (χ4n) is 1.84. The molecule has 0 aliphatic rings. The SMILES string of the molecule is CNS(=O)(=O)c1ccccc1NC(C)(C)c1nccs1. The summed E-state index contributed by atoms with van der Waals surface area (Å²) in [6.07, 6.45) is 1.74. The first-order valence-electron chi connectivity index (χ1n) is 6.07. The van der Waals surface area contributed by atoms with Gasteiger partial charge in [-0.2, -0.15) is 0 Å². The number of sulfonamides is 1. The first-order valence-corrected chi connectivity index (χ1v) is 8.44. The van der Waals surface area contributed by atoms with E-state index in [0.717, 1.165) is 5.01 Å². The molecule has 1 aromatic carbocycles. The third-order valence-corrected chi connectivity index (χ3v) is 5.43. The Kier molecular flexibility index (Phi) is 4.12. The zero-order valence-electron chi connectivity index (χ0n) is 11.5. The fraction of sp³-hybridized carbons (Fsp3) is 0.308. The summed E-state index contributed by atoms with van der Waals surface area (Å²) < 4.78 is 26.4. The lowest BCUT2D eigenvalue weighted by Gasteiger charge is -2.26. The average molecular weight is 311 g/mol. The number of aromatic nitrogens is 1. The molecule has 0 saturated carbocycles. The molecular formula is C13H17N3O2S2. The first-order chi connectivity index (χ1) is 9.37. The van der Waals surface area contributed by atoms with E-state index in [0.29, 0.717) is 5.69 Å². The highest BCUT2D eigenvalue weighted by Gasteiger charge is 2.26. The molecule has 2 rings (SSSR count). The number of thiazole rings is 1. The second kappa shape index (κ2) is 5.51. The van der Waals surface area contributed by atoms with Crippen LogP contribution in [0.5, 0.6) is 0 Å². The van der Waals surface area contributed by atoms with E-state index in [2.05, 4.69) is 15.0 Å². The van der Waals surface area contributed by atoms with Crippen molar-refractivity contribution in [2.75, 3.05) is 12.4 Å². The van der Waals surface area contributed by atoms with Crippen LogP contribution in [0.15, 0.2) is 40.7 Å². The van der Waals surface area contributed by atoms with Crippen molar-refractivity contribution in [3.8, 4) is 0 Å². The maximum atomic E-state index is 12.0. The van der Waals surface area contributed by atoms with E-state index < -0.39 is 15.6 Å². The van der Waals surface area contributed by atoms with Crippen molar-refractivity contribution in [1.29, 1.82) is 0 Å². The normalized spacial score (nSPS) is 12.3. The van der Waals surface area contributed by atoms with Crippen LogP contribution >= 0.6 is 11.3 Å². The monoisotopic (exact) mass is 311 g/mol. The van der Waals surface area contributed by atoms with Gasteiger partial charge in [0.25, 0.3) is 0 Å². The molecule has 0 aliphatic carbocycles. The van der Waals surface area contributed by atoms with Crippen molar-refractivity contribution in [3.05, 3.63) is 40.8 Å². The number of anilines is 1. The molecule has 7 heteroatoms. The minimum absolute atomic E-state index is 0.229. The smallest absolute Gasteiger partial charge is 0.242 e. The van der Waals surface area contributed by atoms with Crippen LogP contribution in [-0.2, 0) is 15.6 Å². The van der Waals surface area contributed by atoms with Gasteiger partial charge in [0.2, 0.25) is 10.0 Å². The Morgan fingerprint density at radius 1 is 1.25 bits per heavy atom. The number of hydrogen-bond donors (Lipinski definition) is 2. The molecule has 2 N–H and O–H groups in total. The van der Waals surface area contributed by atoms with E-state index in [1.807, 2.05) is 19.2 Å². The summed E-state index contributed by atoms with van der Waals surface area (Å²) in [5, 5.41) is 6.05. The molecule has 20 heavy (non-hydrogen) atoms. The Bertz CT molecular complexity index is 679. The Hall–Kier alpha value is -1.44. The highest BCUT2D eigenvalue weighted by molar-refractivity contribution is 7.89. The number of nitrogens with one attached hydrogen (secondary N) is 2. The van der Waals surface area contributed by atoms with E-state index in [1.165, 1.54) is 18.4 Å². The molecule has 0 amide bonds. The van der Waals surface area contributed by atoms with E-state index >= 15 is 0 Å². The van der Waals surface area contributed by atoms with Gasteiger partial charge < -0.3 is 5.32 Å². The van der Waals surface area contributed by atoms with E-state index in [9.17, 15) is 8.42 Å². The van der Waals surface area contributed by atoms with Crippen LogP contribution < -0.4 is 10.0 Å². The van der Waals surface area contributed by atoms with Crippen LogP contribution in [0.25, 0.3) is 0 Å². The Balaban J connectivity index is 2.40. The lowest BCUT2D eigenvalue weighted by Crippen LogP contribution is -2.29. The topological polar surface area (TPSA) is 71.1 Å². The van der Waals surface area contributed by atoms with Crippen LogP contribution in [0.1, 0.15) is 18.9 Å². The van der Waals surface area contributed by atoms with Crippen LogP contribution in [0.4, 0.5) is 5.69 Å². The molecule has 1 heterocycles. The molecule has 2 aromatic rings. The number of para-hydroxylation sites is 1. The Morgan fingerprint density at radius 3 is 2.55 bits per heavy atom. The molecule has 0 unspecified atom stereocenters. The predicted molar refractivity (Wildman–Crippen MR) is 81.5 cm³/mol. The van der Waals surface area contributed by atoms with Gasteiger partial charge >= 0.3 is 0 Å². The third-order valence-electron chi connectivity index (χ3n) is 2.86. The largest absolute Gasteiger partial charge is 0.373 e. The van der Waals surface area contributed by atoms with Gasteiger partial charge in [-0.1, -0.05) is 12.1 Å². The second-order valence-electron chi connectivity index (χ2n) is 4.79. The Morgan fingerprint density at radius 2 is 1.95 bits per heavy atom. The number of nitrogens with zero attached hydrogens (tertiary/aromatic N) is 1. The van der Waals surface area contributed by atoms with Crippen molar-refractivity contribution >= 4 is 27.0 Å². The minimum Gasteiger partial charge on any atom is -0.373 e. The van der Waals surface area contributed by atoms with Gasteiger partial charge in [0.05, 0.1) is 11.2 Å². The Labute approximate surface area is 123 Å². The third kappa shape index (κ3) is 3.00. The van der Waals surface area contributed by atoms with E-state index in [1.54, 1.807) is 30.5 Å². The number of benzene rings is 1. The molecule has 0 bridgehead atoms. The maximum Gasteiger partial charge on any atom is 0.242 e. The van der Waals surface area contributed by atoms with Crippen LogP contribution in [0, 0.1) is 0 Å². The molecule has 108 valence electrons. The summed E-state index contributed by atoms with van der Waals surface area (Å²) in [5.74, 6) is 0. The first kappa shape index (κ1) is 15.0. The number of hydrogen-bond acceptors (Lipinski definition) is 5. The maximum absolute atomic E-state index is 12.0. The van der Waals surface area contributed by atoms with Crippen molar-refractivity contribution in [2.24, 2.45) is 0 Å². The quantitative estimate of drug-likeness (QED) is 0.889. The van der Waals surface area contributed by atoms with Gasteiger partial charge in [-0.25, -0.2) is 18.1 Å². The van der Waals surface area contributed by atoms with Gasteiger partial charge in [0, 0.05) is 11.6 Å². The van der Waals surface area contributed by atoms with Gasteiger partial charge in [0.1, 0.15) is 9.90 Å². The van der Waals surface area contributed by atoms with Crippen molar-refractivity contribution in [3.63, 3.8) is 0 Å². The molecule has 0 saturated heterocycles. The van der Waals surface area contributed by atoms with Crippen molar-refractivity contribution in [1.82, 2.24) is 9.71 Å². The second-order valence-corrected chi connectivity index (χ2v) is 7.54. The van der Waals surface area contributed by atoms with Crippen LogP contribution in [0.2, 0.25) is 0 Å². The minimum atomic E-state index is -3.50. The summed E-state index contributed by atoms with van der Waals surface area (Å²) >= 11 is 1.53. The van der Waals surface area contributed by atoms with Gasteiger partial charge in [0.15, 0.2) is 0 Å². The highest BCUT2D eigenvalue weighted by atomic mass is 32.2. The summed E-state index contributed by atoms with van der Waals surface area (Å²) in [6.45, 7) is 3.93. The molecule has 1 aromatic heterocycles. The fourth-order valence-corrected chi connectivity index (χ4v) is 3.44. The standard InChI is InChI=1S/C13H17N3O2S2/c1-13(2,12-15-8-9-19-12)16-10-6-4-5-7-11(10)20(17,18)14-3/h4-9,14,16H,1-3H3. The van der Waals surface area contributed by atoms with Crippen LogP contribution in [0.3, 0.4) is 0 Å². The zero-order chi connectivity index (χ0) is 14.8. The lowest BCUT2D eigenvalue weighted by atomic mass is 10.1.